The van der Waals surface area contributed by atoms with Crippen molar-refractivity contribution in [3.05, 3.63) is 85.5 Å². The lowest BCUT2D eigenvalue weighted by molar-refractivity contribution is 1.09. The predicted octanol–water partition coefficient (Wildman–Crippen LogP) is 4.36. The van der Waals surface area contributed by atoms with E-state index in [1.165, 1.54) is 0 Å². The molecule has 0 saturated heterocycles. The Morgan fingerprint density at radius 1 is 0.542 bits per heavy atom. The molecule has 0 bridgehead atoms. The van der Waals surface area contributed by atoms with E-state index in [1.54, 1.807) is 0 Å². The zero-order chi connectivity index (χ0) is 15.9. The first-order chi connectivity index (χ1) is 11.9. The minimum Gasteiger partial charge on any atom is -0.299 e. The largest absolute Gasteiger partial charge is 0.299 e. The van der Waals surface area contributed by atoms with Gasteiger partial charge in [0.15, 0.2) is 0 Å². The Balaban J connectivity index is 1.75. The lowest BCUT2D eigenvalue weighted by Crippen LogP contribution is -1.92. The second kappa shape index (κ2) is 5.06. The van der Waals surface area contributed by atoms with E-state index in [0.29, 0.717) is 0 Å². The molecular formula is C20H14N4. The predicted molar refractivity (Wildman–Crippen MR) is 95.7 cm³/mol. The highest BCUT2D eigenvalue weighted by atomic mass is 15.1. The number of hydrogen-bond acceptors (Lipinski definition) is 2. The smallest absolute Gasteiger partial charge is 0.100 e. The summed E-state index contributed by atoms with van der Waals surface area (Å²) in [6.07, 6.45) is 3.73. The number of fused-ring (bicyclic) bond motifs is 2. The number of para-hydroxylation sites is 2. The highest BCUT2D eigenvalue weighted by Crippen LogP contribution is 2.25. The molecule has 0 unspecified atom stereocenters. The Bertz CT molecular complexity index is 1040. The van der Waals surface area contributed by atoms with Gasteiger partial charge >= 0.3 is 0 Å². The van der Waals surface area contributed by atoms with Crippen LogP contribution >= 0.6 is 0 Å². The van der Waals surface area contributed by atoms with Crippen molar-refractivity contribution in [3.8, 4) is 11.4 Å². The second-order valence-corrected chi connectivity index (χ2v) is 5.73. The fourth-order valence-corrected chi connectivity index (χ4v) is 3.10. The molecule has 0 N–H and O–H groups in total. The van der Waals surface area contributed by atoms with Crippen LogP contribution in [0.4, 0.5) is 0 Å². The molecule has 2 aromatic heterocycles. The van der Waals surface area contributed by atoms with Crippen LogP contribution in [0, 0.1) is 0 Å². The minimum absolute atomic E-state index is 0.962. The Labute approximate surface area is 138 Å². The molecule has 0 spiro atoms. The van der Waals surface area contributed by atoms with Gasteiger partial charge in [0, 0.05) is 11.4 Å². The number of aromatic nitrogens is 4. The average Bonchev–Trinajstić information content (AvgIpc) is 3.25. The molecule has 0 saturated carbocycles. The summed E-state index contributed by atoms with van der Waals surface area (Å²) in [4.78, 5) is 9.16. The summed E-state index contributed by atoms with van der Waals surface area (Å²) in [5.74, 6) is 0. The van der Waals surface area contributed by atoms with Gasteiger partial charge in [0.2, 0.25) is 0 Å². The maximum absolute atomic E-state index is 4.58. The number of nitrogens with zero attached hydrogens (tertiary/aromatic N) is 4. The van der Waals surface area contributed by atoms with Crippen molar-refractivity contribution in [2.24, 2.45) is 0 Å². The highest BCUT2D eigenvalue weighted by molar-refractivity contribution is 5.93. The summed E-state index contributed by atoms with van der Waals surface area (Å²) < 4.78 is 4.19. The molecule has 114 valence electrons. The Morgan fingerprint density at radius 3 is 1.38 bits per heavy atom. The molecule has 0 atom stereocenters. The number of hydrogen-bond donors (Lipinski definition) is 0. The van der Waals surface area contributed by atoms with Crippen molar-refractivity contribution >= 4 is 22.1 Å². The second-order valence-electron chi connectivity index (χ2n) is 5.73. The molecule has 3 aromatic carbocycles. The lowest BCUT2D eigenvalue weighted by Gasteiger charge is -2.05. The van der Waals surface area contributed by atoms with Gasteiger partial charge in [-0.1, -0.05) is 36.4 Å². The summed E-state index contributed by atoms with van der Waals surface area (Å²) in [7, 11) is 0. The van der Waals surface area contributed by atoms with Gasteiger partial charge in [0.25, 0.3) is 0 Å². The standard InChI is InChI=1S/C20H14N4/c1-3-7-15(8-4-1)23-13-21-17-12-20-18(11-19(17)23)22-14-24(20)16-9-5-2-6-10-16/h1-14H. The summed E-state index contributed by atoms with van der Waals surface area (Å²) in [5, 5.41) is 0. The molecule has 5 aromatic rings. The maximum atomic E-state index is 4.58. The zero-order valence-corrected chi connectivity index (χ0v) is 12.9. The fourth-order valence-electron chi connectivity index (χ4n) is 3.10. The molecule has 4 heteroatoms. The molecule has 5 rings (SSSR count). The molecular weight excluding hydrogens is 296 g/mol. The van der Waals surface area contributed by atoms with Crippen molar-refractivity contribution in [3.63, 3.8) is 0 Å². The Hall–Kier alpha value is -3.40. The van der Waals surface area contributed by atoms with Crippen LogP contribution in [0.3, 0.4) is 0 Å². The van der Waals surface area contributed by atoms with Crippen molar-refractivity contribution < 1.29 is 0 Å². The first-order valence-electron chi connectivity index (χ1n) is 7.85. The van der Waals surface area contributed by atoms with E-state index in [4.69, 9.17) is 0 Å². The van der Waals surface area contributed by atoms with Crippen LogP contribution in [0.15, 0.2) is 85.5 Å². The average molecular weight is 310 g/mol. The van der Waals surface area contributed by atoms with E-state index in [1.807, 2.05) is 49.1 Å². The van der Waals surface area contributed by atoms with E-state index >= 15 is 0 Å². The van der Waals surface area contributed by atoms with Gasteiger partial charge in [0.1, 0.15) is 12.7 Å². The summed E-state index contributed by atoms with van der Waals surface area (Å²) >= 11 is 0. The van der Waals surface area contributed by atoms with Gasteiger partial charge in [-0.15, -0.1) is 0 Å². The van der Waals surface area contributed by atoms with Crippen molar-refractivity contribution in [2.45, 2.75) is 0 Å². The quantitative estimate of drug-likeness (QED) is 0.485. The van der Waals surface area contributed by atoms with E-state index in [2.05, 4.69) is 55.5 Å². The van der Waals surface area contributed by atoms with E-state index in [0.717, 1.165) is 33.4 Å². The summed E-state index contributed by atoms with van der Waals surface area (Å²) in [6.45, 7) is 0. The molecule has 0 aliphatic heterocycles. The Morgan fingerprint density at radius 2 is 0.958 bits per heavy atom. The molecule has 2 heterocycles. The van der Waals surface area contributed by atoms with Gasteiger partial charge in [-0.2, -0.15) is 0 Å². The van der Waals surface area contributed by atoms with Crippen molar-refractivity contribution in [1.82, 2.24) is 19.1 Å². The van der Waals surface area contributed by atoms with Crippen LogP contribution in [0.25, 0.3) is 33.4 Å². The number of rotatable bonds is 2. The van der Waals surface area contributed by atoms with Gasteiger partial charge in [-0.3, -0.25) is 9.13 Å². The lowest BCUT2D eigenvalue weighted by atomic mass is 10.2. The summed E-state index contributed by atoms with van der Waals surface area (Å²) in [5.41, 5.74) is 6.25. The zero-order valence-electron chi connectivity index (χ0n) is 12.9. The molecule has 0 aliphatic rings. The van der Waals surface area contributed by atoms with Crippen LogP contribution in [0.2, 0.25) is 0 Å². The third kappa shape index (κ3) is 1.93. The van der Waals surface area contributed by atoms with Gasteiger partial charge in [0.05, 0.1) is 22.1 Å². The SMILES string of the molecule is c1ccc(-n2cnc3cc4c(cc32)ncn4-c2ccccc2)cc1. The Kier molecular flexibility index (Phi) is 2.76. The molecule has 0 radical (unpaired) electrons. The molecule has 0 aliphatic carbocycles. The van der Waals surface area contributed by atoms with Crippen molar-refractivity contribution in [2.75, 3.05) is 0 Å². The first-order valence-corrected chi connectivity index (χ1v) is 7.85. The van der Waals surface area contributed by atoms with Gasteiger partial charge < -0.3 is 0 Å². The van der Waals surface area contributed by atoms with Crippen LogP contribution in [-0.2, 0) is 0 Å². The van der Waals surface area contributed by atoms with Crippen LogP contribution < -0.4 is 0 Å². The van der Waals surface area contributed by atoms with E-state index in [9.17, 15) is 0 Å². The minimum atomic E-state index is 0.962. The highest BCUT2D eigenvalue weighted by Gasteiger charge is 2.10. The topological polar surface area (TPSA) is 35.6 Å². The number of benzene rings is 3. The monoisotopic (exact) mass is 310 g/mol. The van der Waals surface area contributed by atoms with Gasteiger partial charge in [-0.25, -0.2) is 9.97 Å². The molecule has 24 heavy (non-hydrogen) atoms. The maximum Gasteiger partial charge on any atom is 0.100 e. The van der Waals surface area contributed by atoms with E-state index in [-0.39, 0.29) is 0 Å². The molecule has 4 nitrogen and oxygen atoms in total. The van der Waals surface area contributed by atoms with Crippen LogP contribution in [-0.4, -0.2) is 19.1 Å². The van der Waals surface area contributed by atoms with Crippen LogP contribution in [0.1, 0.15) is 0 Å². The molecule has 0 amide bonds. The first kappa shape index (κ1) is 13.1. The number of imidazole rings is 2. The van der Waals surface area contributed by atoms with E-state index < -0.39 is 0 Å². The molecule has 0 fully saturated rings. The fraction of sp³-hybridized carbons (Fsp3) is 0. The van der Waals surface area contributed by atoms with Crippen LogP contribution in [0.5, 0.6) is 0 Å². The normalized spacial score (nSPS) is 11.3. The summed E-state index contributed by atoms with van der Waals surface area (Å²) in [6, 6.07) is 24.7. The van der Waals surface area contributed by atoms with Gasteiger partial charge in [-0.05, 0) is 36.4 Å². The third-order valence-corrected chi connectivity index (χ3v) is 4.28. The van der Waals surface area contributed by atoms with Crippen molar-refractivity contribution in [1.29, 1.82) is 0 Å². The third-order valence-electron chi connectivity index (χ3n) is 4.28.